The first kappa shape index (κ1) is 10.2. The standard InChI is InChI=1S/C11H11N3O2/c15-9-3-1-8(2-4-9)7-10(16)14-11-12-5-6-13-11/h1-6,15H,7H2,(H2,12,13,14,16). The molecule has 5 heteroatoms. The van der Waals surface area contributed by atoms with Gasteiger partial charge < -0.3 is 10.1 Å². The van der Waals surface area contributed by atoms with Crippen LogP contribution in [0.4, 0.5) is 5.95 Å². The van der Waals surface area contributed by atoms with Crippen LogP contribution in [0.1, 0.15) is 5.56 Å². The van der Waals surface area contributed by atoms with E-state index in [0.29, 0.717) is 5.95 Å². The molecule has 0 aliphatic rings. The number of nitrogens with zero attached hydrogens (tertiary/aromatic N) is 1. The molecular weight excluding hydrogens is 206 g/mol. The van der Waals surface area contributed by atoms with Crippen LogP contribution in [0.3, 0.4) is 0 Å². The molecule has 0 bridgehead atoms. The third kappa shape index (κ3) is 2.60. The van der Waals surface area contributed by atoms with Crippen LogP contribution in [0.2, 0.25) is 0 Å². The Hall–Kier alpha value is -2.30. The fourth-order valence-electron chi connectivity index (χ4n) is 1.31. The third-order valence-electron chi connectivity index (χ3n) is 2.06. The van der Waals surface area contributed by atoms with Crippen LogP contribution < -0.4 is 5.32 Å². The Labute approximate surface area is 92.2 Å². The Kier molecular flexibility index (Phi) is 2.86. The summed E-state index contributed by atoms with van der Waals surface area (Å²) >= 11 is 0. The maximum atomic E-state index is 11.5. The van der Waals surface area contributed by atoms with Crippen molar-refractivity contribution < 1.29 is 9.90 Å². The number of anilines is 1. The van der Waals surface area contributed by atoms with Crippen LogP contribution in [-0.2, 0) is 11.2 Å². The lowest BCUT2D eigenvalue weighted by atomic mass is 10.1. The van der Waals surface area contributed by atoms with Crippen molar-refractivity contribution in [2.75, 3.05) is 5.32 Å². The molecule has 0 aliphatic carbocycles. The number of rotatable bonds is 3. The molecule has 3 N–H and O–H groups in total. The van der Waals surface area contributed by atoms with E-state index in [2.05, 4.69) is 15.3 Å². The van der Waals surface area contributed by atoms with Gasteiger partial charge in [-0.3, -0.25) is 10.1 Å². The highest BCUT2D eigenvalue weighted by Crippen LogP contribution is 2.10. The van der Waals surface area contributed by atoms with Gasteiger partial charge in [-0.15, -0.1) is 0 Å². The summed E-state index contributed by atoms with van der Waals surface area (Å²) in [5.74, 6) is 0.472. The molecule has 16 heavy (non-hydrogen) atoms. The van der Waals surface area contributed by atoms with Gasteiger partial charge in [0.2, 0.25) is 11.9 Å². The van der Waals surface area contributed by atoms with Crippen molar-refractivity contribution >= 4 is 11.9 Å². The number of aromatic nitrogens is 2. The van der Waals surface area contributed by atoms with E-state index in [4.69, 9.17) is 5.11 Å². The fourth-order valence-corrected chi connectivity index (χ4v) is 1.31. The highest BCUT2D eigenvalue weighted by molar-refractivity contribution is 5.90. The number of imidazole rings is 1. The first-order valence-electron chi connectivity index (χ1n) is 4.81. The molecule has 82 valence electrons. The van der Waals surface area contributed by atoms with E-state index in [-0.39, 0.29) is 18.1 Å². The molecule has 0 atom stereocenters. The number of aromatic amines is 1. The number of nitrogens with one attached hydrogen (secondary N) is 2. The van der Waals surface area contributed by atoms with Crippen molar-refractivity contribution in [2.24, 2.45) is 0 Å². The lowest BCUT2D eigenvalue weighted by molar-refractivity contribution is -0.115. The van der Waals surface area contributed by atoms with Gasteiger partial charge in [0.15, 0.2) is 0 Å². The SMILES string of the molecule is O=C(Cc1ccc(O)cc1)Nc1ncc[nH]1. The van der Waals surface area contributed by atoms with Gasteiger partial charge in [-0.05, 0) is 17.7 Å². The van der Waals surface area contributed by atoms with Crippen molar-refractivity contribution in [1.29, 1.82) is 0 Å². The number of hydrogen-bond donors (Lipinski definition) is 3. The fraction of sp³-hybridized carbons (Fsp3) is 0.0909. The van der Waals surface area contributed by atoms with Gasteiger partial charge >= 0.3 is 0 Å². The zero-order valence-electron chi connectivity index (χ0n) is 8.47. The lowest BCUT2D eigenvalue weighted by Crippen LogP contribution is -2.15. The Balaban J connectivity index is 1.95. The van der Waals surface area contributed by atoms with E-state index in [1.165, 1.54) is 0 Å². The van der Waals surface area contributed by atoms with Crippen molar-refractivity contribution in [1.82, 2.24) is 9.97 Å². The summed E-state index contributed by atoms with van der Waals surface area (Å²) in [4.78, 5) is 18.2. The number of aromatic hydroxyl groups is 1. The molecule has 2 rings (SSSR count). The van der Waals surface area contributed by atoms with Crippen molar-refractivity contribution in [2.45, 2.75) is 6.42 Å². The topological polar surface area (TPSA) is 78.0 Å². The minimum Gasteiger partial charge on any atom is -0.508 e. The molecule has 0 saturated heterocycles. The second-order valence-electron chi connectivity index (χ2n) is 3.33. The van der Waals surface area contributed by atoms with Crippen LogP contribution in [0, 0.1) is 0 Å². The van der Waals surface area contributed by atoms with Gasteiger partial charge in [0.05, 0.1) is 6.42 Å². The number of carbonyl (C=O) groups excluding carboxylic acids is 1. The number of carbonyl (C=O) groups is 1. The highest BCUT2D eigenvalue weighted by atomic mass is 16.3. The molecule has 5 nitrogen and oxygen atoms in total. The average Bonchev–Trinajstić information content (AvgIpc) is 2.74. The van der Waals surface area contributed by atoms with Gasteiger partial charge in [0.1, 0.15) is 5.75 Å². The number of phenols is 1. The normalized spacial score (nSPS) is 10.0. The minimum atomic E-state index is -0.152. The molecular formula is C11H11N3O2. The van der Waals surface area contributed by atoms with Crippen LogP contribution in [-0.4, -0.2) is 21.0 Å². The molecule has 0 radical (unpaired) electrons. The predicted molar refractivity (Wildman–Crippen MR) is 59.0 cm³/mol. The molecule has 2 aromatic rings. The molecule has 1 aromatic carbocycles. The largest absolute Gasteiger partial charge is 0.508 e. The van der Waals surface area contributed by atoms with Crippen molar-refractivity contribution in [3.8, 4) is 5.75 Å². The Morgan fingerprint density at radius 2 is 2.12 bits per heavy atom. The molecule has 0 aliphatic heterocycles. The molecule has 1 heterocycles. The Bertz CT molecular complexity index is 462. The second-order valence-corrected chi connectivity index (χ2v) is 3.33. The van der Waals surface area contributed by atoms with E-state index >= 15 is 0 Å². The predicted octanol–water partition coefficient (Wildman–Crippen LogP) is 1.30. The van der Waals surface area contributed by atoms with Crippen LogP contribution in [0.25, 0.3) is 0 Å². The van der Waals surface area contributed by atoms with Gasteiger partial charge in [-0.2, -0.15) is 0 Å². The average molecular weight is 217 g/mol. The highest BCUT2D eigenvalue weighted by Gasteiger charge is 2.04. The second kappa shape index (κ2) is 4.48. The van der Waals surface area contributed by atoms with Crippen molar-refractivity contribution in [3.05, 3.63) is 42.2 Å². The monoisotopic (exact) mass is 217 g/mol. The maximum absolute atomic E-state index is 11.5. The zero-order chi connectivity index (χ0) is 11.4. The first-order chi connectivity index (χ1) is 7.74. The van der Waals surface area contributed by atoms with Gasteiger partial charge in [-0.1, -0.05) is 12.1 Å². The summed E-state index contributed by atoms with van der Waals surface area (Å²) in [6.45, 7) is 0. The molecule has 0 spiro atoms. The Morgan fingerprint density at radius 1 is 1.38 bits per heavy atom. The van der Waals surface area contributed by atoms with Crippen LogP contribution in [0.5, 0.6) is 5.75 Å². The summed E-state index contributed by atoms with van der Waals surface area (Å²) in [5, 5.41) is 11.7. The molecule has 1 aromatic heterocycles. The number of phenolic OH excluding ortho intramolecular Hbond substituents is 1. The van der Waals surface area contributed by atoms with Crippen molar-refractivity contribution in [3.63, 3.8) is 0 Å². The smallest absolute Gasteiger partial charge is 0.231 e. The van der Waals surface area contributed by atoms with Crippen LogP contribution >= 0.6 is 0 Å². The van der Waals surface area contributed by atoms with E-state index in [1.807, 2.05) is 0 Å². The summed E-state index contributed by atoms with van der Waals surface area (Å²) in [6.07, 6.45) is 3.45. The number of amides is 1. The number of hydrogen-bond acceptors (Lipinski definition) is 3. The number of benzene rings is 1. The Morgan fingerprint density at radius 3 is 2.75 bits per heavy atom. The summed E-state index contributed by atoms with van der Waals surface area (Å²) in [7, 11) is 0. The zero-order valence-corrected chi connectivity index (χ0v) is 8.47. The van der Waals surface area contributed by atoms with E-state index in [1.54, 1.807) is 36.7 Å². The third-order valence-corrected chi connectivity index (χ3v) is 2.06. The summed E-state index contributed by atoms with van der Waals surface area (Å²) in [5.41, 5.74) is 0.835. The van der Waals surface area contributed by atoms with E-state index < -0.39 is 0 Å². The van der Waals surface area contributed by atoms with Gasteiger partial charge in [-0.25, -0.2) is 4.98 Å². The van der Waals surface area contributed by atoms with E-state index in [9.17, 15) is 4.79 Å². The van der Waals surface area contributed by atoms with Crippen LogP contribution in [0.15, 0.2) is 36.7 Å². The minimum absolute atomic E-state index is 0.152. The lowest BCUT2D eigenvalue weighted by Gasteiger charge is -2.02. The van der Waals surface area contributed by atoms with Gasteiger partial charge in [0.25, 0.3) is 0 Å². The number of H-pyrrole nitrogens is 1. The molecule has 0 fully saturated rings. The summed E-state index contributed by atoms with van der Waals surface area (Å²) < 4.78 is 0. The van der Waals surface area contributed by atoms with Gasteiger partial charge in [0, 0.05) is 12.4 Å². The quantitative estimate of drug-likeness (QED) is 0.725. The molecule has 0 saturated carbocycles. The summed E-state index contributed by atoms with van der Waals surface area (Å²) in [6, 6.07) is 6.51. The van der Waals surface area contributed by atoms with E-state index in [0.717, 1.165) is 5.56 Å². The molecule has 0 unspecified atom stereocenters. The maximum Gasteiger partial charge on any atom is 0.231 e. The molecule has 1 amide bonds. The first-order valence-corrected chi connectivity index (χ1v) is 4.81.